The Bertz CT molecular complexity index is 1170. The van der Waals surface area contributed by atoms with E-state index < -0.39 is 10.9 Å². The van der Waals surface area contributed by atoms with Crippen molar-refractivity contribution in [1.82, 2.24) is 14.7 Å². The van der Waals surface area contributed by atoms with Gasteiger partial charge in [0.2, 0.25) is 5.69 Å². The average molecular weight is 464 g/mol. The van der Waals surface area contributed by atoms with Gasteiger partial charge in [0.1, 0.15) is 0 Å². The second kappa shape index (κ2) is 10.2. The molecule has 1 aromatic heterocycles. The van der Waals surface area contributed by atoms with Crippen molar-refractivity contribution in [2.24, 2.45) is 0 Å². The quantitative estimate of drug-likeness (QED) is 0.256. The van der Waals surface area contributed by atoms with Crippen LogP contribution in [-0.2, 0) is 16.1 Å². The third-order valence-corrected chi connectivity index (χ3v) is 5.33. The first-order valence-electron chi connectivity index (χ1n) is 10.9. The number of ether oxygens (including phenoxy) is 2. The Morgan fingerprint density at radius 3 is 2.47 bits per heavy atom. The van der Waals surface area contributed by atoms with Gasteiger partial charge in [0, 0.05) is 24.7 Å². The first-order chi connectivity index (χ1) is 16.5. The lowest BCUT2D eigenvalue weighted by Crippen LogP contribution is -2.36. The van der Waals surface area contributed by atoms with Crippen LogP contribution in [0.5, 0.6) is 5.75 Å². The maximum absolute atomic E-state index is 13.0. The molecule has 0 unspecified atom stereocenters. The number of non-ortho nitro benzene ring substituents is 1. The third kappa shape index (κ3) is 5.40. The third-order valence-electron chi connectivity index (χ3n) is 5.33. The molecular formula is C24H24N4O6. The maximum Gasteiger partial charge on any atom is 0.362 e. The summed E-state index contributed by atoms with van der Waals surface area (Å²) in [6, 6.07) is 15.6. The minimum atomic E-state index is -0.686. The fourth-order valence-electron chi connectivity index (χ4n) is 3.47. The number of carbonyl (C=O) groups excluding carboxylic acids is 2. The second-order valence-corrected chi connectivity index (χ2v) is 7.81. The summed E-state index contributed by atoms with van der Waals surface area (Å²) < 4.78 is 12.2. The zero-order valence-corrected chi connectivity index (χ0v) is 18.6. The van der Waals surface area contributed by atoms with Crippen LogP contribution >= 0.6 is 0 Å². The van der Waals surface area contributed by atoms with Crippen molar-refractivity contribution in [1.29, 1.82) is 0 Å². The van der Waals surface area contributed by atoms with Crippen LogP contribution in [0.25, 0.3) is 5.69 Å². The summed E-state index contributed by atoms with van der Waals surface area (Å²) >= 11 is 0. The highest BCUT2D eigenvalue weighted by Crippen LogP contribution is 2.29. The Kier molecular flexibility index (Phi) is 6.86. The van der Waals surface area contributed by atoms with Gasteiger partial charge in [-0.2, -0.15) is 5.10 Å². The number of rotatable bonds is 10. The van der Waals surface area contributed by atoms with Crippen LogP contribution in [0.2, 0.25) is 0 Å². The number of nitro benzene ring substituents is 1. The molecule has 10 heteroatoms. The monoisotopic (exact) mass is 464 g/mol. The van der Waals surface area contributed by atoms with Crippen LogP contribution in [-0.4, -0.2) is 50.7 Å². The van der Waals surface area contributed by atoms with Crippen molar-refractivity contribution in [2.75, 3.05) is 13.2 Å². The summed E-state index contributed by atoms with van der Waals surface area (Å²) in [5.74, 6) is -0.779. The van der Waals surface area contributed by atoms with E-state index in [1.807, 2.05) is 30.3 Å². The fraction of sp³-hybridized carbons (Fsp3) is 0.292. The van der Waals surface area contributed by atoms with Crippen molar-refractivity contribution in [3.05, 3.63) is 82.2 Å². The van der Waals surface area contributed by atoms with Gasteiger partial charge in [0.25, 0.3) is 11.6 Å². The molecule has 1 saturated carbocycles. The van der Waals surface area contributed by atoms with Gasteiger partial charge >= 0.3 is 5.97 Å². The van der Waals surface area contributed by atoms with E-state index in [1.165, 1.54) is 35.1 Å². The number of nitro groups is 1. The number of hydrogen-bond acceptors (Lipinski definition) is 7. The zero-order chi connectivity index (χ0) is 24.1. The molecule has 1 aliphatic carbocycles. The molecule has 0 radical (unpaired) electrons. The molecule has 0 aliphatic heterocycles. The summed E-state index contributed by atoms with van der Waals surface area (Å²) in [6.45, 7) is 2.04. The lowest BCUT2D eigenvalue weighted by Gasteiger charge is -2.22. The lowest BCUT2D eigenvalue weighted by atomic mass is 10.2. The SMILES string of the molecule is CCOC(=O)c1nn(-c2ccc([N+](=O)[O-])cc2)cc1OCC(=O)N(Cc1ccccc1)C1CC1. The predicted octanol–water partition coefficient (Wildman–Crippen LogP) is 3.53. The predicted molar refractivity (Wildman–Crippen MR) is 122 cm³/mol. The number of carbonyl (C=O) groups is 2. The van der Waals surface area contributed by atoms with Crippen LogP contribution in [0.3, 0.4) is 0 Å². The van der Waals surface area contributed by atoms with Crippen molar-refractivity contribution < 1.29 is 24.0 Å². The Morgan fingerprint density at radius 2 is 1.85 bits per heavy atom. The van der Waals surface area contributed by atoms with Gasteiger partial charge in [-0.25, -0.2) is 9.48 Å². The molecule has 1 fully saturated rings. The molecule has 0 saturated heterocycles. The molecule has 0 N–H and O–H groups in total. The molecule has 1 aliphatic rings. The Balaban J connectivity index is 1.52. The minimum absolute atomic E-state index is 0.0674. The highest BCUT2D eigenvalue weighted by atomic mass is 16.6. The van der Waals surface area contributed by atoms with E-state index in [0.717, 1.165) is 18.4 Å². The van der Waals surface area contributed by atoms with E-state index in [0.29, 0.717) is 12.2 Å². The second-order valence-electron chi connectivity index (χ2n) is 7.81. The molecule has 176 valence electrons. The molecule has 3 aromatic rings. The first kappa shape index (κ1) is 23.0. The summed E-state index contributed by atoms with van der Waals surface area (Å²) in [5, 5.41) is 15.1. The van der Waals surface area contributed by atoms with Gasteiger partial charge < -0.3 is 14.4 Å². The number of aromatic nitrogens is 2. The summed E-state index contributed by atoms with van der Waals surface area (Å²) in [4.78, 5) is 37.6. The summed E-state index contributed by atoms with van der Waals surface area (Å²) in [6.07, 6.45) is 3.36. The summed E-state index contributed by atoms with van der Waals surface area (Å²) in [5.41, 5.74) is 1.37. The largest absolute Gasteiger partial charge is 0.480 e. The highest BCUT2D eigenvalue weighted by molar-refractivity contribution is 5.90. The molecule has 0 spiro atoms. The highest BCUT2D eigenvalue weighted by Gasteiger charge is 2.33. The molecule has 0 atom stereocenters. The zero-order valence-electron chi connectivity index (χ0n) is 18.6. The number of esters is 1. The van der Waals surface area contributed by atoms with Crippen LogP contribution < -0.4 is 4.74 Å². The van der Waals surface area contributed by atoms with Crippen molar-refractivity contribution in [3.8, 4) is 11.4 Å². The molecule has 1 amide bonds. The maximum atomic E-state index is 13.0. The van der Waals surface area contributed by atoms with Gasteiger partial charge in [-0.3, -0.25) is 14.9 Å². The van der Waals surface area contributed by atoms with Crippen LogP contribution in [0.1, 0.15) is 35.8 Å². The van der Waals surface area contributed by atoms with Crippen LogP contribution in [0, 0.1) is 10.1 Å². The normalized spacial score (nSPS) is 12.7. The van der Waals surface area contributed by atoms with Crippen molar-refractivity contribution in [3.63, 3.8) is 0 Å². The van der Waals surface area contributed by atoms with Gasteiger partial charge in [-0.05, 0) is 37.5 Å². The van der Waals surface area contributed by atoms with Crippen molar-refractivity contribution in [2.45, 2.75) is 32.4 Å². The number of benzene rings is 2. The first-order valence-corrected chi connectivity index (χ1v) is 10.9. The Morgan fingerprint density at radius 1 is 1.15 bits per heavy atom. The minimum Gasteiger partial charge on any atom is -0.480 e. The molecule has 2 aromatic carbocycles. The fourth-order valence-corrected chi connectivity index (χ4v) is 3.47. The van der Waals surface area contributed by atoms with E-state index in [2.05, 4.69) is 5.10 Å². The van der Waals surface area contributed by atoms with E-state index in [-0.39, 0.29) is 42.3 Å². The van der Waals surface area contributed by atoms with Gasteiger partial charge in [0.15, 0.2) is 12.4 Å². The van der Waals surface area contributed by atoms with Crippen molar-refractivity contribution >= 4 is 17.6 Å². The van der Waals surface area contributed by atoms with E-state index in [9.17, 15) is 19.7 Å². The molecule has 10 nitrogen and oxygen atoms in total. The molecule has 34 heavy (non-hydrogen) atoms. The van der Waals surface area contributed by atoms with Gasteiger partial charge in [0.05, 0.1) is 23.4 Å². The average Bonchev–Trinajstić information content (AvgIpc) is 3.60. The lowest BCUT2D eigenvalue weighted by molar-refractivity contribution is -0.384. The van der Waals surface area contributed by atoms with Gasteiger partial charge in [-0.1, -0.05) is 30.3 Å². The molecule has 1 heterocycles. The van der Waals surface area contributed by atoms with Gasteiger partial charge in [-0.15, -0.1) is 0 Å². The molecule has 0 bridgehead atoms. The Labute approximate surface area is 195 Å². The van der Waals surface area contributed by atoms with E-state index >= 15 is 0 Å². The Hall–Kier alpha value is -4.21. The summed E-state index contributed by atoms with van der Waals surface area (Å²) in [7, 11) is 0. The number of hydrogen-bond donors (Lipinski definition) is 0. The smallest absolute Gasteiger partial charge is 0.362 e. The van der Waals surface area contributed by atoms with E-state index in [4.69, 9.17) is 9.47 Å². The topological polar surface area (TPSA) is 117 Å². The van der Waals surface area contributed by atoms with Crippen LogP contribution in [0.15, 0.2) is 60.8 Å². The number of nitrogens with zero attached hydrogens (tertiary/aromatic N) is 4. The van der Waals surface area contributed by atoms with Crippen LogP contribution in [0.4, 0.5) is 5.69 Å². The standard InChI is InChI=1S/C24H24N4O6/c1-2-33-24(30)23-21(15-27(25-23)19-10-12-20(13-11-19)28(31)32)34-16-22(29)26(18-8-9-18)14-17-6-4-3-5-7-17/h3-7,10-13,15,18H,2,8-9,14,16H2,1H3. The molecule has 4 rings (SSSR count). The number of amides is 1. The van der Waals surface area contributed by atoms with E-state index in [1.54, 1.807) is 11.8 Å². The molecular weight excluding hydrogens is 440 g/mol.